The summed E-state index contributed by atoms with van der Waals surface area (Å²) in [4.78, 5) is 38.5. The lowest BCUT2D eigenvalue weighted by molar-refractivity contribution is -0.131. The van der Waals surface area contributed by atoms with Crippen LogP contribution in [0.15, 0.2) is 42.5 Å². The molecule has 1 aliphatic carbocycles. The lowest BCUT2D eigenvalue weighted by Crippen LogP contribution is -2.44. The molecule has 28 heavy (non-hydrogen) atoms. The Morgan fingerprint density at radius 2 is 1.86 bits per heavy atom. The minimum atomic E-state index is -0.718. The van der Waals surface area contributed by atoms with Crippen molar-refractivity contribution in [2.75, 3.05) is 6.54 Å². The van der Waals surface area contributed by atoms with E-state index in [9.17, 15) is 14.4 Å². The molecule has 0 radical (unpaired) electrons. The molecule has 146 valence electrons. The van der Waals surface area contributed by atoms with Gasteiger partial charge in [0.25, 0.3) is 5.91 Å². The van der Waals surface area contributed by atoms with Gasteiger partial charge in [-0.2, -0.15) is 0 Å². The van der Waals surface area contributed by atoms with Crippen LogP contribution < -0.4 is 10.6 Å². The number of rotatable bonds is 5. The molecule has 2 aromatic carbocycles. The van der Waals surface area contributed by atoms with Gasteiger partial charge in [-0.1, -0.05) is 55.3 Å². The number of hydrogen-bond acceptors (Lipinski definition) is 3. The molecule has 4 amide bonds. The highest BCUT2D eigenvalue weighted by molar-refractivity contribution is 6.07. The van der Waals surface area contributed by atoms with Gasteiger partial charge < -0.3 is 10.6 Å². The van der Waals surface area contributed by atoms with Gasteiger partial charge in [-0.3, -0.25) is 14.5 Å². The summed E-state index contributed by atoms with van der Waals surface area (Å²) in [7, 11) is 0. The zero-order valence-electron chi connectivity index (χ0n) is 16.0. The molecule has 6 heteroatoms. The number of hydrogen-bond donors (Lipinski definition) is 2. The van der Waals surface area contributed by atoms with Gasteiger partial charge in [0.15, 0.2) is 0 Å². The van der Waals surface area contributed by atoms with Gasteiger partial charge in [0.1, 0.15) is 5.54 Å². The molecule has 1 aliphatic heterocycles. The number of benzene rings is 2. The van der Waals surface area contributed by atoms with E-state index >= 15 is 0 Å². The van der Waals surface area contributed by atoms with Crippen molar-refractivity contribution in [2.24, 2.45) is 0 Å². The molecular formula is C22H25N3O3. The Bertz CT molecular complexity index is 928. The van der Waals surface area contributed by atoms with E-state index in [1.165, 1.54) is 4.90 Å². The summed E-state index contributed by atoms with van der Waals surface area (Å²) in [6, 6.07) is 13.6. The van der Waals surface area contributed by atoms with Crippen LogP contribution in [0, 0.1) is 0 Å². The van der Waals surface area contributed by atoms with Crippen LogP contribution in [0.25, 0.3) is 10.8 Å². The molecule has 1 spiro atoms. The normalized spacial score (nSPS) is 19.2. The second-order valence-corrected chi connectivity index (χ2v) is 7.78. The summed E-state index contributed by atoms with van der Waals surface area (Å²) in [5, 5.41) is 8.07. The lowest BCUT2D eigenvalue weighted by atomic mass is 9.98. The summed E-state index contributed by atoms with van der Waals surface area (Å²) in [6.45, 7) is 2.06. The molecule has 2 aliphatic rings. The van der Waals surface area contributed by atoms with E-state index in [0.29, 0.717) is 12.8 Å². The zero-order chi connectivity index (χ0) is 19.7. The van der Waals surface area contributed by atoms with E-state index < -0.39 is 5.54 Å². The van der Waals surface area contributed by atoms with E-state index in [-0.39, 0.29) is 36.9 Å². The number of carbonyl (C=O) groups is 3. The summed E-state index contributed by atoms with van der Waals surface area (Å²) < 4.78 is 0. The van der Waals surface area contributed by atoms with Crippen LogP contribution in [0.1, 0.15) is 50.6 Å². The fraction of sp³-hybridized carbons (Fsp3) is 0.409. The first kappa shape index (κ1) is 18.5. The van der Waals surface area contributed by atoms with Crippen LogP contribution in [0.4, 0.5) is 4.79 Å². The van der Waals surface area contributed by atoms with Crippen LogP contribution in [0.5, 0.6) is 0 Å². The SMILES string of the molecule is C[C@H](NC(=O)CCN1C(=O)NC2(CCCC2)C1=O)c1cccc2ccccc12. The number of carbonyl (C=O) groups excluding carboxylic acids is 3. The topological polar surface area (TPSA) is 78.5 Å². The Kier molecular flexibility index (Phi) is 4.79. The quantitative estimate of drug-likeness (QED) is 0.783. The molecule has 1 heterocycles. The molecule has 2 aromatic rings. The predicted octanol–water partition coefficient (Wildman–Crippen LogP) is 3.27. The van der Waals surface area contributed by atoms with E-state index in [1.54, 1.807) is 0 Å². The van der Waals surface area contributed by atoms with E-state index in [2.05, 4.69) is 10.6 Å². The molecule has 4 rings (SSSR count). The van der Waals surface area contributed by atoms with Crippen molar-refractivity contribution in [3.05, 3.63) is 48.0 Å². The second-order valence-electron chi connectivity index (χ2n) is 7.78. The van der Waals surface area contributed by atoms with Gasteiger partial charge in [-0.15, -0.1) is 0 Å². The zero-order valence-corrected chi connectivity index (χ0v) is 16.0. The minimum absolute atomic E-state index is 0.102. The van der Waals surface area contributed by atoms with Crippen molar-refractivity contribution in [1.29, 1.82) is 0 Å². The molecule has 2 fully saturated rings. The first-order valence-electron chi connectivity index (χ1n) is 9.91. The van der Waals surface area contributed by atoms with Crippen LogP contribution >= 0.6 is 0 Å². The Labute approximate surface area is 164 Å². The van der Waals surface area contributed by atoms with Crippen LogP contribution in [0.3, 0.4) is 0 Å². The Hall–Kier alpha value is -2.89. The van der Waals surface area contributed by atoms with Crippen molar-refractivity contribution >= 4 is 28.6 Å². The van der Waals surface area contributed by atoms with E-state index in [4.69, 9.17) is 0 Å². The average Bonchev–Trinajstić information content (AvgIpc) is 3.25. The minimum Gasteiger partial charge on any atom is -0.350 e. The number of imide groups is 1. The molecule has 1 saturated carbocycles. The van der Waals surface area contributed by atoms with Crippen molar-refractivity contribution < 1.29 is 14.4 Å². The monoisotopic (exact) mass is 379 g/mol. The van der Waals surface area contributed by atoms with Gasteiger partial charge >= 0.3 is 6.03 Å². The van der Waals surface area contributed by atoms with Crippen molar-refractivity contribution in [3.8, 4) is 0 Å². The third-order valence-electron chi connectivity index (χ3n) is 5.93. The first-order chi connectivity index (χ1) is 13.5. The molecule has 0 aromatic heterocycles. The summed E-state index contributed by atoms with van der Waals surface area (Å²) in [6.07, 6.45) is 3.38. The molecule has 1 saturated heterocycles. The van der Waals surface area contributed by atoms with Crippen molar-refractivity contribution in [2.45, 2.75) is 50.6 Å². The average molecular weight is 379 g/mol. The standard InChI is InChI=1S/C22H25N3O3/c1-15(17-10-6-8-16-7-2-3-9-18(16)17)23-19(26)11-14-25-20(27)22(24-21(25)28)12-4-5-13-22/h2-3,6-10,15H,4-5,11-14H2,1H3,(H,23,26)(H,24,28)/t15-/m0/s1. The van der Waals surface area contributed by atoms with Crippen LogP contribution in [-0.2, 0) is 9.59 Å². The highest BCUT2D eigenvalue weighted by Gasteiger charge is 2.52. The smallest absolute Gasteiger partial charge is 0.325 e. The molecule has 2 N–H and O–H groups in total. The lowest BCUT2D eigenvalue weighted by Gasteiger charge is -2.20. The van der Waals surface area contributed by atoms with Crippen molar-refractivity contribution in [3.63, 3.8) is 0 Å². The largest absolute Gasteiger partial charge is 0.350 e. The number of nitrogens with zero attached hydrogens (tertiary/aromatic N) is 1. The number of fused-ring (bicyclic) bond motifs is 1. The highest BCUT2D eigenvalue weighted by Crippen LogP contribution is 2.35. The predicted molar refractivity (Wildman–Crippen MR) is 107 cm³/mol. The fourth-order valence-corrected chi connectivity index (χ4v) is 4.43. The van der Waals surface area contributed by atoms with Gasteiger partial charge in [-0.05, 0) is 36.1 Å². The van der Waals surface area contributed by atoms with Crippen LogP contribution in [0.2, 0.25) is 0 Å². The Morgan fingerprint density at radius 3 is 2.64 bits per heavy atom. The number of nitrogens with one attached hydrogen (secondary N) is 2. The molecule has 0 unspecified atom stereocenters. The molecule has 1 atom stereocenters. The highest BCUT2D eigenvalue weighted by atomic mass is 16.2. The Balaban J connectivity index is 1.38. The summed E-state index contributed by atoms with van der Waals surface area (Å²) in [5.74, 6) is -0.349. The third-order valence-corrected chi connectivity index (χ3v) is 5.93. The summed E-state index contributed by atoms with van der Waals surface area (Å²) >= 11 is 0. The molecule has 6 nitrogen and oxygen atoms in total. The maximum Gasteiger partial charge on any atom is 0.325 e. The first-order valence-corrected chi connectivity index (χ1v) is 9.91. The maximum atomic E-state index is 12.7. The summed E-state index contributed by atoms with van der Waals surface area (Å²) in [5.41, 5.74) is 0.329. The fourth-order valence-electron chi connectivity index (χ4n) is 4.43. The third kappa shape index (κ3) is 3.23. The number of urea groups is 1. The van der Waals surface area contributed by atoms with E-state index in [1.807, 2.05) is 49.4 Å². The Morgan fingerprint density at radius 1 is 1.14 bits per heavy atom. The van der Waals surface area contributed by atoms with Gasteiger partial charge in [0, 0.05) is 13.0 Å². The van der Waals surface area contributed by atoms with Gasteiger partial charge in [0.2, 0.25) is 5.91 Å². The van der Waals surface area contributed by atoms with Gasteiger partial charge in [0.05, 0.1) is 6.04 Å². The maximum absolute atomic E-state index is 12.7. The molecule has 0 bridgehead atoms. The van der Waals surface area contributed by atoms with Crippen molar-refractivity contribution in [1.82, 2.24) is 15.5 Å². The molecular weight excluding hydrogens is 354 g/mol. The number of amides is 4. The van der Waals surface area contributed by atoms with E-state index in [0.717, 1.165) is 29.2 Å². The van der Waals surface area contributed by atoms with Gasteiger partial charge in [-0.25, -0.2) is 4.79 Å². The van der Waals surface area contributed by atoms with Crippen LogP contribution in [-0.4, -0.2) is 34.8 Å². The second kappa shape index (κ2) is 7.26.